The zero-order valence-electron chi connectivity index (χ0n) is 14.1. The first-order valence-corrected chi connectivity index (χ1v) is 8.35. The summed E-state index contributed by atoms with van der Waals surface area (Å²) >= 11 is 6.15. The van der Waals surface area contributed by atoms with Crippen molar-refractivity contribution in [2.75, 3.05) is 33.3 Å². The molecule has 1 aliphatic heterocycles. The Kier molecular flexibility index (Phi) is 4.99. The van der Waals surface area contributed by atoms with Crippen LogP contribution in [0.3, 0.4) is 0 Å². The van der Waals surface area contributed by atoms with Crippen LogP contribution in [0.5, 0.6) is 5.75 Å². The van der Waals surface area contributed by atoms with E-state index < -0.39 is 0 Å². The summed E-state index contributed by atoms with van der Waals surface area (Å²) in [5.74, 6) is 0.620. The van der Waals surface area contributed by atoms with Crippen LogP contribution in [0, 0.1) is 6.92 Å². The van der Waals surface area contributed by atoms with Crippen molar-refractivity contribution >= 4 is 23.4 Å². The van der Waals surface area contributed by atoms with Gasteiger partial charge in [0, 0.05) is 31.7 Å². The lowest BCUT2D eigenvalue weighted by atomic mass is 10.1. The molecule has 0 atom stereocenters. The Morgan fingerprint density at radius 2 is 1.76 bits per heavy atom. The molecule has 1 aromatic carbocycles. The van der Waals surface area contributed by atoms with Crippen molar-refractivity contribution < 1.29 is 18.7 Å². The zero-order valence-corrected chi connectivity index (χ0v) is 14.9. The number of ether oxygens (including phenoxy) is 1. The van der Waals surface area contributed by atoms with Gasteiger partial charge in [0.25, 0.3) is 11.8 Å². The highest BCUT2D eigenvalue weighted by Crippen LogP contribution is 2.28. The minimum atomic E-state index is -0.152. The second-order valence-corrected chi connectivity index (χ2v) is 6.27. The van der Waals surface area contributed by atoms with Gasteiger partial charge >= 0.3 is 0 Å². The van der Waals surface area contributed by atoms with Crippen LogP contribution in [0.1, 0.15) is 26.5 Å². The summed E-state index contributed by atoms with van der Waals surface area (Å²) in [6.45, 7) is 3.72. The Bertz CT molecular complexity index is 781. The standard InChI is InChI=1S/C18H19ClN2O4/c1-12-10-16(24-2)14(19)11-13(12)17(22)20-5-7-21(8-6-20)18(23)15-4-3-9-25-15/h3-4,9-11H,5-8H2,1-2H3. The van der Waals surface area contributed by atoms with Crippen molar-refractivity contribution in [1.82, 2.24) is 9.80 Å². The minimum absolute atomic E-state index is 0.0906. The number of halogens is 1. The number of nitrogens with zero attached hydrogens (tertiary/aromatic N) is 2. The van der Waals surface area contributed by atoms with Crippen LogP contribution in [-0.4, -0.2) is 54.9 Å². The molecule has 0 saturated carbocycles. The van der Waals surface area contributed by atoms with E-state index >= 15 is 0 Å². The second kappa shape index (κ2) is 7.19. The van der Waals surface area contributed by atoms with Gasteiger partial charge in [-0.2, -0.15) is 0 Å². The smallest absolute Gasteiger partial charge is 0.289 e. The molecule has 6 nitrogen and oxygen atoms in total. The summed E-state index contributed by atoms with van der Waals surface area (Å²) in [4.78, 5) is 28.5. The summed E-state index contributed by atoms with van der Waals surface area (Å²) in [6, 6.07) is 6.72. The number of hydrogen-bond acceptors (Lipinski definition) is 4. The normalized spacial score (nSPS) is 14.5. The van der Waals surface area contributed by atoms with Crippen LogP contribution in [0.25, 0.3) is 0 Å². The second-order valence-electron chi connectivity index (χ2n) is 5.86. The van der Waals surface area contributed by atoms with Crippen LogP contribution in [-0.2, 0) is 0 Å². The summed E-state index contributed by atoms with van der Waals surface area (Å²) in [7, 11) is 1.54. The maximum atomic E-state index is 12.8. The Morgan fingerprint density at radius 1 is 1.12 bits per heavy atom. The van der Waals surface area contributed by atoms with E-state index in [1.807, 2.05) is 6.92 Å². The minimum Gasteiger partial charge on any atom is -0.495 e. The highest BCUT2D eigenvalue weighted by atomic mass is 35.5. The first-order valence-electron chi connectivity index (χ1n) is 7.97. The third-order valence-electron chi connectivity index (χ3n) is 4.32. The van der Waals surface area contributed by atoms with E-state index in [9.17, 15) is 9.59 Å². The SMILES string of the molecule is COc1cc(C)c(C(=O)N2CCN(C(=O)c3ccco3)CC2)cc1Cl. The van der Waals surface area contributed by atoms with Gasteiger partial charge in [0.2, 0.25) is 0 Å². The highest BCUT2D eigenvalue weighted by Gasteiger charge is 2.27. The monoisotopic (exact) mass is 362 g/mol. The summed E-state index contributed by atoms with van der Waals surface area (Å²) in [5.41, 5.74) is 1.36. The topological polar surface area (TPSA) is 63.0 Å². The van der Waals surface area contributed by atoms with Crippen molar-refractivity contribution in [3.63, 3.8) is 0 Å². The lowest BCUT2D eigenvalue weighted by Crippen LogP contribution is -2.50. The molecule has 2 heterocycles. The van der Waals surface area contributed by atoms with Crippen LogP contribution < -0.4 is 4.74 Å². The Labute approximate surface area is 150 Å². The average Bonchev–Trinajstić information content (AvgIpc) is 3.17. The molecular formula is C18H19ClN2O4. The molecule has 0 aliphatic carbocycles. The van der Waals surface area contributed by atoms with Gasteiger partial charge in [0.1, 0.15) is 5.75 Å². The van der Waals surface area contributed by atoms with Crippen LogP contribution >= 0.6 is 11.6 Å². The number of furan rings is 1. The molecule has 0 unspecified atom stereocenters. The predicted octanol–water partition coefficient (Wildman–Crippen LogP) is 2.85. The van der Waals surface area contributed by atoms with Gasteiger partial charge in [-0.3, -0.25) is 9.59 Å². The summed E-state index contributed by atoms with van der Waals surface area (Å²) < 4.78 is 10.3. The molecule has 3 rings (SSSR count). The Morgan fingerprint density at radius 3 is 2.32 bits per heavy atom. The van der Waals surface area contributed by atoms with Gasteiger partial charge < -0.3 is 19.0 Å². The average molecular weight is 363 g/mol. The molecule has 0 radical (unpaired) electrons. The van der Waals surface area contributed by atoms with Crippen LogP contribution in [0.4, 0.5) is 0 Å². The van der Waals surface area contributed by atoms with Gasteiger partial charge in [-0.1, -0.05) is 11.6 Å². The molecule has 2 amide bonds. The zero-order chi connectivity index (χ0) is 18.0. The lowest BCUT2D eigenvalue weighted by molar-refractivity contribution is 0.0517. The van der Waals surface area contributed by atoms with E-state index in [0.717, 1.165) is 5.56 Å². The largest absolute Gasteiger partial charge is 0.495 e. The number of carbonyl (C=O) groups excluding carboxylic acids is 2. The third-order valence-corrected chi connectivity index (χ3v) is 4.61. The molecule has 1 aromatic heterocycles. The molecule has 1 fully saturated rings. The fourth-order valence-corrected chi connectivity index (χ4v) is 3.12. The summed E-state index contributed by atoms with van der Waals surface area (Å²) in [6.07, 6.45) is 1.48. The number of piperazine rings is 1. The number of hydrogen-bond donors (Lipinski definition) is 0. The molecule has 1 aliphatic rings. The molecule has 132 valence electrons. The van der Waals surface area contributed by atoms with Crippen molar-refractivity contribution in [2.24, 2.45) is 0 Å². The fraction of sp³-hybridized carbons (Fsp3) is 0.333. The first kappa shape index (κ1) is 17.4. The Balaban J connectivity index is 1.68. The number of rotatable bonds is 3. The first-order chi connectivity index (χ1) is 12.0. The predicted molar refractivity (Wildman–Crippen MR) is 93.3 cm³/mol. The van der Waals surface area contributed by atoms with E-state index in [1.54, 1.807) is 34.1 Å². The van der Waals surface area contributed by atoms with E-state index in [2.05, 4.69) is 0 Å². The molecule has 1 saturated heterocycles. The molecule has 7 heteroatoms. The Hall–Kier alpha value is -2.47. The molecule has 25 heavy (non-hydrogen) atoms. The lowest BCUT2D eigenvalue weighted by Gasteiger charge is -2.34. The number of aryl methyl sites for hydroxylation is 1. The molecule has 0 bridgehead atoms. The fourth-order valence-electron chi connectivity index (χ4n) is 2.88. The quantitative estimate of drug-likeness (QED) is 0.842. The van der Waals surface area contributed by atoms with Gasteiger partial charge in [0.15, 0.2) is 5.76 Å². The van der Waals surface area contributed by atoms with Crippen molar-refractivity contribution in [1.29, 1.82) is 0 Å². The van der Waals surface area contributed by atoms with Gasteiger partial charge in [0.05, 0.1) is 18.4 Å². The van der Waals surface area contributed by atoms with Gasteiger partial charge in [-0.05, 0) is 36.8 Å². The van der Waals surface area contributed by atoms with Crippen LogP contribution in [0.2, 0.25) is 5.02 Å². The molecular weight excluding hydrogens is 344 g/mol. The molecule has 0 spiro atoms. The molecule has 2 aromatic rings. The van der Waals surface area contributed by atoms with Gasteiger partial charge in [-0.25, -0.2) is 0 Å². The number of amides is 2. The van der Waals surface area contributed by atoms with E-state index in [4.69, 9.17) is 20.8 Å². The number of benzene rings is 1. The van der Waals surface area contributed by atoms with E-state index in [1.165, 1.54) is 13.4 Å². The molecule has 0 N–H and O–H groups in total. The third kappa shape index (κ3) is 3.49. The summed E-state index contributed by atoms with van der Waals surface area (Å²) in [5, 5.41) is 0.406. The van der Waals surface area contributed by atoms with E-state index in [-0.39, 0.29) is 11.8 Å². The maximum Gasteiger partial charge on any atom is 0.289 e. The highest BCUT2D eigenvalue weighted by molar-refractivity contribution is 6.32. The van der Waals surface area contributed by atoms with Crippen molar-refractivity contribution in [3.8, 4) is 5.75 Å². The number of methoxy groups -OCH3 is 1. The van der Waals surface area contributed by atoms with Crippen molar-refractivity contribution in [2.45, 2.75) is 6.92 Å². The van der Waals surface area contributed by atoms with Crippen molar-refractivity contribution in [3.05, 3.63) is 52.4 Å². The number of carbonyl (C=O) groups is 2. The van der Waals surface area contributed by atoms with E-state index in [0.29, 0.717) is 48.3 Å². The maximum absolute atomic E-state index is 12.8. The van der Waals surface area contributed by atoms with Crippen LogP contribution in [0.15, 0.2) is 34.9 Å². The van der Waals surface area contributed by atoms with Gasteiger partial charge in [-0.15, -0.1) is 0 Å².